The van der Waals surface area contributed by atoms with Crippen LogP contribution in [0.2, 0.25) is 0 Å². The molecule has 6 heteroatoms. The van der Waals surface area contributed by atoms with Crippen LogP contribution in [0.1, 0.15) is 12.0 Å². The van der Waals surface area contributed by atoms with Crippen molar-refractivity contribution in [2.24, 2.45) is 5.92 Å². The minimum Gasteiger partial charge on any atom is -0.340 e. The maximum absolute atomic E-state index is 12.4. The van der Waals surface area contributed by atoms with Gasteiger partial charge in [0, 0.05) is 32.7 Å². The van der Waals surface area contributed by atoms with Crippen molar-refractivity contribution in [1.82, 2.24) is 9.80 Å². The number of benzene rings is 1. The van der Waals surface area contributed by atoms with Gasteiger partial charge in [-0.3, -0.25) is 9.69 Å². The summed E-state index contributed by atoms with van der Waals surface area (Å²) < 4.78 is 23.0. The molecule has 2 saturated heterocycles. The van der Waals surface area contributed by atoms with Gasteiger partial charge in [-0.25, -0.2) is 8.42 Å². The highest BCUT2D eigenvalue weighted by Crippen LogP contribution is 2.21. The lowest BCUT2D eigenvalue weighted by atomic mass is 10.1. The molecule has 2 heterocycles. The molecule has 0 radical (unpaired) electrons. The molecule has 3 rings (SSSR count). The highest BCUT2D eigenvalue weighted by atomic mass is 32.2. The van der Waals surface area contributed by atoms with E-state index in [2.05, 4.69) is 29.2 Å². The summed E-state index contributed by atoms with van der Waals surface area (Å²) in [4.78, 5) is 16.6. The Morgan fingerprint density at radius 1 is 1.09 bits per heavy atom. The molecule has 1 aromatic rings. The van der Waals surface area contributed by atoms with E-state index in [9.17, 15) is 13.2 Å². The number of hydrogen-bond acceptors (Lipinski definition) is 4. The third-order valence-electron chi connectivity index (χ3n) is 4.83. The summed E-state index contributed by atoms with van der Waals surface area (Å²) in [5.74, 6) is -0.0646. The number of sulfone groups is 1. The molecule has 0 aromatic heterocycles. The third kappa shape index (κ3) is 4.32. The van der Waals surface area contributed by atoms with Gasteiger partial charge < -0.3 is 4.90 Å². The molecule has 0 spiro atoms. The van der Waals surface area contributed by atoms with Gasteiger partial charge in [0.2, 0.25) is 5.91 Å². The molecule has 0 N–H and O–H groups in total. The van der Waals surface area contributed by atoms with Crippen molar-refractivity contribution in [2.45, 2.75) is 12.8 Å². The Labute approximate surface area is 138 Å². The summed E-state index contributed by atoms with van der Waals surface area (Å²) in [5, 5.41) is 0. The maximum atomic E-state index is 12.4. The van der Waals surface area contributed by atoms with Crippen molar-refractivity contribution < 1.29 is 13.2 Å². The van der Waals surface area contributed by atoms with Crippen LogP contribution >= 0.6 is 0 Å². The highest BCUT2D eigenvalue weighted by molar-refractivity contribution is 7.91. The number of rotatable bonds is 4. The van der Waals surface area contributed by atoms with E-state index in [0.717, 1.165) is 26.1 Å². The fourth-order valence-corrected chi connectivity index (χ4v) is 5.10. The second-order valence-electron chi connectivity index (χ2n) is 6.50. The molecular formula is C17H24N2O3S. The summed E-state index contributed by atoms with van der Waals surface area (Å²) in [5.41, 5.74) is 1.34. The molecule has 1 aromatic carbocycles. The predicted molar refractivity (Wildman–Crippen MR) is 89.9 cm³/mol. The van der Waals surface area contributed by atoms with E-state index < -0.39 is 9.84 Å². The Kier molecular flexibility index (Phi) is 5.02. The SMILES string of the molecule is O=C(C1CCS(=O)(=O)C1)N1CCN(CCc2ccccc2)CC1. The molecule has 0 saturated carbocycles. The number of carbonyl (C=O) groups excluding carboxylic acids is 1. The van der Waals surface area contributed by atoms with Gasteiger partial charge in [-0.2, -0.15) is 0 Å². The minimum absolute atomic E-state index is 0.0359. The van der Waals surface area contributed by atoms with Crippen LogP contribution in [0, 0.1) is 5.92 Å². The molecule has 2 fully saturated rings. The fourth-order valence-electron chi connectivity index (χ4n) is 3.37. The first-order chi connectivity index (χ1) is 11.0. The summed E-state index contributed by atoms with van der Waals surface area (Å²) in [7, 11) is -2.99. The number of hydrogen-bond donors (Lipinski definition) is 0. The first kappa shape index (κ1) is 16.5. The van der Waals surface area contributed by atoms with E-state index in [4.69, 9.17) is 0 Å². The van der Waals surface area contributed by atoms with Crippen molar-refractivity contribution in [2.75, 3.05) is 44.2 Å². The smallest absolute Gasteiger partial charge is 0.226 e. The first-order valence-electron chi connectivity index (χ1n) is 8.29. The zero-order chi connectivity index (χ0) is 16.3. The van der Waals surface area contributed by atoms with E-state index >= 15 is 0 Å². The molecule has 0 bridgehead atoms. The van der Waals surface area contributed by atoms with E-state index in [1.807, 2.05) is 11.0 Å². The normalized spacial score (nSPS) is 24.7. The van der Waals surface area contributed by atoms with Crippen LogP contribution in [0.15, 0.2) is 30.3 Å². The zero-order valence-electron chi connectivity index (χ0n) is 13.4. The fraction of sp³-hybridized carbons (Fsp3) is 0.588. The Morgan fingerprint density at radius 3 is 2.39 bits per heavy atom. The maximum Gasteiger partial charge on any atom is 0.226 e. The molecular weight excluding hydrogens is 312 g/mol. The Balaban J connectivity index is 1.44. The number of piperazine rings is 1. The van der Waals surface area contributed by atoms with E-state index in [-0.39, 0.29) is 23.3 Å². The van der Waals surface area contributed by atoms with Gasteiger partial charge in [0.15, 0.2) is 9.84 Å². The lowest BCUT2D eigenvalue weighted by Crippen LogP contribution is -2.50. The van der Waals surface area contributed by atoms with Crippen molar-refractivity contribution in [3.05, 3.63) is 35.9 Å². The van der Waals surface area contributed by atoms with Gasteiger partial charge in [-0.1, -0.05) is 30.3 Å². The van der Waals surface area contributed by atoms with Gasteiger partial charge in [-0.15, -0.1) is 0 Å². The summed E-state index contributed by atoms with van der Waals surface area (Å²) in [6, 6.07) is 10.4. The topological polar surface area (TPSA) is 57.7 Å². The van der Waals surface area contributed by atoms with Crippen LogP contribution in [-0.2, 0) is 21.1 Å². The molecule has 0 aliphatic carbocycles. The standard InChI is InChI=1S/C17H24N2O3S/c20-17(16-7-13-23(21,22)14-16)19-11-9-18(10-12-19)8-6-15-4-2-1-3-5-15/h1-5,16H,6-14H2. The van der Waals surface area contributed by atoms with Gasteiger partial charge >= 0.3 is 0 Å². The monoisotopic (exact) mass is 336 g/mol. The van der Waals surface area contributed by atoms with Crippen LogP contribution in [-0.4, -0.2) is 68.4 Å². The predicted octanol–water partition coefficient (Wildman–Crippen LogP) is 0.808. The zero-order valence-corrected chi connectivity index (χ0v) is 14.2. The molecule has 126 valence electrons. The summed E-state index contributed by atoms with van der Waals surface area (Å²) >= 11 is 0. The quantitative estimate of drug-likeness (QED) is 0.816. The molecule has 1 unspecified atom stereocenters. The van der Waals surface area contributed by atoms with Gasteiger partial charge in [0.1, 0.15) is 0 Å². The number of nitrogens with zero attached hydrogens (tertiary/aromatic N) is 2. The molecule has 2 aliphatic heterocycles. The molecule has 23 heavy (non-hydrogen) atoms. The molecule has 5 nitrogen and oxygen atoms in total. The summed E-state index contributed by atoms with van der Waals surface area (Å²) in [6.07, 6.45) is 1.52. The lowest BCUT2D eigenvalue weighted by Gasteiger charge is -2.35. The minimum atomic E-state index is -2.99. The van der Waals surface area contributed by atoms with Gasteiger partial charge in [-0.05, 0) is 18.4 Å². The van der Waals surface area contributed by atoms with E-state index in [1.165, 1.54) is 5.56 Å². The second kappa shape index (κ2) is 7.01. The number of amides is 1. The second-order valence-corrected chi connectivity index (χ2v) is 8.73. The van der Waals surface area contributed by atoms with Crippen LogP contribution in [0.4, 0.5) is 0 Å². The molecule has 2 aliphatic rings. The third-order valence-corrected chi connectivity index (χ3v) is 6.59. The Hall–Kier alpha value is -1.40. The first-order valence-corrected chi connectivity index (χ1v) is 10.1. The van der Waals surface area contributed by atoms with E-state index in [0.29, 0.717) is 19.5 Å². The Bertz CT molecular complexity index is 637. The molecule has 1 atom stereocenters. The van der Waals surface area contributed by atoms with Crippen molar-refractivity contribution in [3.8, 4) is 0 Å². The Morgan fingerprint density at radius 2 is 1.78 bits per heavy atom. The van der Waals surface area contributed by atoms with E-state index in [1.54, 1.807) is 0 Å². The lowest BCUT2D eigenvalue weighted by molar-refractivity contribution is -0.136. The molecule has 1 amide bonds. The van der Waals surface area contributed by atoms with Crippen molar-refractivity contribution in [1.29, 1.82) is 0 Å². The van der Waals surface area contributed by atoms with Gasteiger partial charge in [0.25, 0.3) is 0 Å². The van der Waals surface area contributed by atoms with Crippen LogP contribution in [0.5, 0.6) is 0 Å². The number of carbonyl (C=O) groups is 1. The van der Waals surface area contributed by atoms with Crippen LogP contribution in [0.25, 0.3) is 0 Å². The van der Waals surface area contributed by atoms with Gasteiger partial charge in [0.05, 0.1) is 17.4 Å². The highest BCUT2D eigenvalue weighted by Gasteiger charge is 2.36. The largest absolute Gasteiger partial charge is 0.340 e. The summed E-state index contributed by atoms with van der Waals surface area (Å²) in [6.45, 7) is 4.17. The average molecular weight is 336 g/mol. The van der Waals surface area contributed by atoms with Crippen LogP contribution < -0.4 is 0 Å². The average Bonchev–Trinajstić information content (AvgIpc) is 2.94. The van der Waals surface area contributed by atoms with Crippen LogP contribution in [0.3, 0.4) is 0 Å². The van der Waals surface area contributed by atoms with Crippen molar-refractivity contribution >= 4 is 15.7 Å². The van der Waals surface area contributed by atoms with Crippen molar-refractivity contribution in [3.63, 3.8) is 0 Å².